The molecular formula is C15H29NO3Si. The van der Waals surface area contributed by atoms with Crippen molar-refractivity contribution in [3.8, 4) is 0 Å². The van der Waals surface area contributed by atoms with Gasteiger partial charge in [-0.1, -0.05) is 27.7 Å². The van der Waals surface area contributed by atoms with E-state index >= 15 is 0 Å². The fourth-order valence-electron chi connectivity index (χ4n) is 2.89. The summed E-state index contributed by atoms with van der Waals surface area (Å²) in [6.07, 6.45) is -0.0369. The van der Waals surface area contributed by atoms with Gasteiger partial charge in [0.25, 0.3) is 0 Å². The average Bonchev–Trinajstić information content (AvgIpc) is 2.69. The molecule has 2 saturated heterocycles. The molecule has 0 saturated carbocycles. The fourth-order valence-corrected chi connectivity index (χ4v) is 4.29. The second-order valence-electron chi connectivity index (χ2n) is 8.16. The number of fused-ring (bicyclic) bond motifs is 1. The smallest absolute Gasteiger partial charge is 0.230 e. The zero-order valence-corrected chi connectivity index (χ0v) is 15.1. The summed E-state index contributed by atoms with van der Waals surface area (Å²) >= 11 is 0. The number of carbonyl (C=O) groups excluding carboxylic acids is 1. The molecule has 116 valence electrons. The molecule has 3 atom stereocenters. The maximum Gasteiger partial charge on any atom is 0.230 e. The number of rotatable bonds is 2. The van der Waals surface area contributed by atoms with Crippen molar-refractivity contribution in [3.63, 3.8) is 0 Å². The van der Waals surface area contributed by atoms with Crippen LogP contribution in [-0.2, 0) is 14.0 Å². The SMILES string of the molecule is CC1C(=O)N2C(COC2(C)C)C1O[Si](C)(C)C(C)(C)C. The molecule has 1 amide bonds. The molecule has 2 rings (SSSR count). The van der Waals surface area contributed by atoms with E-state index in [1.807, 2.05) is 25.7 Å². The van der Waals surface area contributed by atoms with E-state index in [1.54, 1.807) is 0 Å². The van der Waals surface area contributed by atoms with Crippen molar-refractivity contribution < 1.29 is 14.0 Å². The van der Waals surface area contributed by atoms with Gasteiger partial charge in [0, 0.05) is 0 Å². The Labute approximate surface area is 123 Å². The van der Waals surface area contributed by atoms with E-state index in [2.05, 4.69) is 33.9 Å². The molecule has 2 heterocycles. The lowest BCUT2D eigenvalue weighted by atomic mass is 10.0. The molecule has 0 aromatic rings. The van der Waals surface area contributed by atoms with E-state index in [4.69, 9.17) is 9.16 Å². The third kappa shape index (κ3) is 2.33. The Balaban J connectivity index is 2.24. The van der Waals surface area contributed by atoms with Crippen LogP contribution in [0.2, 0.25) is 18.1 Å². The normalized spacial score (nSPS) is 33.7. The highest BCUT2D eigenvalue weighted by molar-refractivity contribution is 6.74. The van der Waals surface area contributed by atoms with Crippen molar-refractivity contribution in [1.82, 2.24) is 4.90 Å². The van der Waals surface area contributed by atoms with E-state index in [9.17, 15) is 4.79 Å². The van der Waals surface area contributed by atoms with E-state index in [1.165, 1.54) is 0 Å². The Morgan fingerprint density at radius 3 is 2.40 bits per heavy atom. The van der Waals surface area contributed by atoms with Crippen molar-refractivity contribution in [2.75, 3.05) is 6.61 Å². The second-order valence-corrected chi connectivity index (χ2v) is 12.9. The van der Waals surface area contributed by atoms with Gasteiger partial charge < -0.3 is 14.1 Å². The van der Waals surface area contributed by atoms with Gasteiger partial charge in [-0.25, -0.2) is 0 Å². The molecule has 2 fully saturated rings. The molecule has 2 aliphatic rings. The summed E-state index contributed by atoms with van der Waals surface area (Å²) in [5.74, 6) is 0.0958. The molecule has 2 aliphatic heterocycles. The van der Waals surface area contributed by atoms with Crippen molar-refractivity contribution in [1.29, 1.82) is 0 Å². The topological polar surface area (TPSA) is 38.8 Å². The third-order valence-electron chi connectivity index (χ3n) is 5.26. The fraction of sp³-hybridized carbons (Fsp3) is 0.933. The molecule has 3 unspecified atom stereocenters. The largest absolute Gasteiger partial charge is 0.411 e. The van der Waals surface area contributed by atoms with Crippen molar-refractivity contribution in [2.24, 2.45) is 5.92 Å². The summed E-state index contributed by atoms with van der Waals surface area (Å²) in [6, 6.07) is 0.0709. The predicted octanol–water partition coefficient (Wildman–Crippen LogP) is 2.99. The van der Waals surface area contributed by atoms with Crippen LogP contribution in [0.5, 0.6) is 0 Å². The van der Waals surface area contributed by atoms with Crippen LogP contribution in [0.4, 0.5) is 0 Å². The lowest BCUT2D eigenvalue weighted by molar-refractivity contribution is -0.144. The molecule has 0 aromatic heterocycles. The van der Waals surface area contributed by atoms with E-state index < -0.39 is 14.0 Å². The quantitative estimate of drug-likeness (QED) is 0.736. The summed E-state index contributed by atoms with van der Waals surface area (Å²) in [5, 5.41) is 0.151. The number of carbonyl (C=O) groups is 1. The standard InChI is InChI=1S/C15H29NO3Si/c1-10-12(19-20(7,8)14(2,3)4)11-9-18-15(5,6)16(11)13(10)17/h10-12H,9H2,1-8H3. The van der Waals surface area contributed by atoms with Crippen LogP contribution in [0, 0.1) is 5.92 Å². The van der Waals surface area contributed by atoms with Gasteiger partial charge in [-0.15, -0.1) is 0 Å². The molecule has 0 bridgehead atoms. The summed E-state index contributed by atoms with van der Waals surface area (Å²) in [4.78, 5) is 14.4. The number of nitrogens with zero attached hydrogens (tertiary/aromatic N) is 1. The number of hydrogen-bond donors (Lipinski definition) is 0. The lowest BCUT2D eigenvalue weighted by Gasteiger charge is -2.40. The van der Waals surface area contributed by atoms with Crippen LogP contribution < -0.4 is 0 Å². The molecule has 0 radical (unpaired) electrons. The molecule has 5 heteroatoms. The highest BCUT2D eigenvalue weighted by Gasteiger charge is 2.58. The van der Waals surface area contributed by atoms with Gasteiger partial charge in [-0.2, -0.15) is 0 Å². The van der Waals surface area contributed by atoms with Crippen LogP contribution in [0.3, 0.4) is 0 Å². The van der Waals surface area contributed by atoms with E-state index in [-0.39, 0.29) is 29.0 Å². The molecule has 4 nitrogen and oxygen atoms in total. The minimum atomic E-state index is -1.88. The monoisotopic (exact) mass is 299 g/mol. The van der Waals surface area contributed by atoms with Crippen LogP contribution >= 0.6 is 0 Å². The Bertz CT molecular complexity index is 414. The third-order valence-corrected chi connectivity index (χ3v) is 9.73. The van der Waals surface area contributed by atoms with Crippen LogP contribution in [0.1, 0.15) is 41.5 Å². The second kappa shape index (κ2) is 4.55. The first-order chi connectivity index (χ1) is 8.88. The van der Waals surface area contributed by atoms with Crippen LogP contribution in [0.15, 0.2) is 0 Å². The van der Waals surface area contributed by atoms with Gasteiger partial charge in [-0.05, 0) is 32.0 Å². The maximum absolute atomic E-state index is 12.5. The maximum atomic E-state index is 12.5. The minimum Gasteiger partial charge on any atom is -0.411 e. The lowest BCUT2D eigenvalue weighted by Crippen LogP contribution is -2.49. The molecule has 0 spiro atoms. The van der Waals surface area contributed by atoms with Crippen molar-refractivity contribution in [3.05, 3.63) is 0 Å². The van der Waals surface area contributed by atoms with Gasteiger partial charge >= 0.3 is 0 Å². The first-order valence-electron chi connectivity index (χ1n) is 7.53. The summed E-state index contributed by atoms with van der Waals surface area (Å²) in [6.45, 7) is 17.7. The van der Waals surface area contributed by atoms with Crippen molar-refractivity contribution in [2.45, 2.75) is 77.5 Å². The highest BCUT2D eigenvalue weighted by atomic mass is 28.4. The Morgan fingerprint density at radius 1 is 1.35 bits per heavy atom. The molecular weight excluding hydrogens is 270 g/mol. The van der Waals surface area contributed by atoms with E-state index in [0.29, 0.717) is 6.61 Å². The number of hydrogen-bond acceptors (Lipinski definition) is 3. The zero-order chi connectivity index (χ0) is 15.5. The minimum absolute atomic E-state index is 0.0369. The van der Waals surface area contributed by atoms with Gasteiger partial charge in [-0.3, -0.25) is 4.79 Å². The highest BCUT2D eigenvalue weighted by Crippen LogP contribution is 2.44. The van der Waals surface area contributed by atoms with Crippen LogP contribution in [0.25, 0.3) is 0 Å². The van der Waals surface area contributed by atoms with Gasteiger partial charge in [0.2, 0.25) is 5.91 Å². The van der Waals surface area contributed by atoms with Crippen molar-refractivity contribution >= 4 is 14.2 Å². The summed E-state index contributed by atoms with van der Waals surface area (Å²) in [5.41, 5.74) is -0.498. The van der Waals surface area contributed by atoms with Gasteiger partial charge in [0.15, 0.2) is 8.32 Å². The Morgan fingerprint density at radius 2 is 1.90 bits per heavy atom. The molecule has 0 aliphatic carbocycles. The Kier molecular flexibility index (Phi) is 3.64. The first-order valence-corrected chi connectivity index (χ1v) is 10.4. The average molecular weight is 299 g/mol. The molecule has 0 N–H and O–H groups in total. The van der Waals surface area contributed by atoms with Gasteiger partial charge in [0.05, 0.1) is 24.7 Å². The van der Waals surface area contributed by atoms with Crippen LogP contribution in [-0.4, -0.2) is 43.6 Å². The van der Waals surface area contributed by atoms with Gasteiger partial charge in [0.1, 0.15) is 5.72 Å². The predicted molar refractivity (Wildman–Crippen MR) is 81.9 cm³/mol. The van der Waals surface area contributed by atoms with E-state index in [0.717, 1.165) is 0 Å². The molecule has 0 aromatic carbocycles. The molecule has 20 heavy (non-hydrogen) atoms. The number of amides is 1. The summed E-state index contributed by atoms with van der Waals surface area (Å²) < 4.78 is 12.3. The summed E-state index contributed by atoms with van der Waals surface area (Å²) in [7, 11) is -1.88. The zero-order valence-electron chi connectivity index (χ0n) is 14.1. The Hall–Kier alpha value is -0.393. The first kappa shape index (κ1) is 16.0. The number of ether oxygens (including phenoxy) is 1.